The number of hydrogen-bond donors (Lipinski definition) is 0. The minimum atomic E-state index is -0.348. The molecule has 0 heterocycles. The van der Waals surface area contributed by atoms with E-state index in [-0.39, 0.29) is 103 Å². The Bertz CT molecular complexity index is 2220. The van der Waals surface area contributed by atoms with E-state index in [2.05, 4.69) is 55.4 Å². The van der Waals surface area contributed by atoms with Gasteiger partial charge in [0.25, 0.3) is 0 Å². The van der Waals surface area contributed by atoms with Crippen LogP contribution in [0.4, 0.5) is 0 Å². The summed E-state index contributed by atoms with van der Waals surface area (Å²) in [5, 5.41) is 0. The fraction of sp³-hybridized carbons (Fsp3) is 0.926. The van der Waals surface area contributed by atoms with E-state index in [1.54, 1.807) is 0 Å². The molecule has 6 aliphatic rings. The molecule has 0 aromatic heterocycles. The van der Waals surface area contributed by atoms with Crippen molar-refractivity contribution in [1.82, 2.24) is 0 Å². The Morgan fingerprint density at radius 1 is 0.280 bits per heavy atom. The van der Waals surface area contributed by atoms with E-state index in [0.717, 1.165) is 128 Å². The van der Waals surface area contributed by atoms with Gasteiger partial charge in [-0.1, -0.05) is 102 Å². The summed E-state index contributed by atoms with van der Waals surface area (Å²) in [6.45, 7) is 52.9. The predicted molar refractivity (Wildman–Crippen MR) is 386 cm³/mol. The maximum atomic E-state index is 12.3. The highest BCUT2D eigenvalue weighted by atomic mass is 16.6. The van der Waals surface area contributed by atoms with Gasteiger partial charge < -0.3 is 28.4 Å². The van der Waals surface area contributed by atoms with Crippen molar-refractivity contribution in [3.05, 3.63) is 0 Å². The van der Waals surface area contributed by atoms with Crippen molar-refractivity contribution in [2.45, 2.75) is 438 Å². The van der Waals surface area contributed by atoms with Crippen LogP contribution in [0.5, 0.6) is 0 Å². The van der Waals surface area contributed by atoms with Crippen LogP contribution in [0.15, 0.2) is 0 Å². The van der Waals surface area contributed by atoms with Gasteiger partial charge in [-0.25, -0.2) is 0 Å². The highest BCUT2D eigenvalue weighted by Crippen LogP contribution is 2.44. The monoisotopic (exact) mass is 1320 g/mol. The lowest BCUT2D eigenvalue weighted by Crippen LogP contribution is -2.45. The van der Waals surface area contributed by atoms with E-state index < -0.39 is 0 Å². The van der Waals surface area contributed by atoms with Gasteiger partial charge in [-0.15, -0.1) is 0 Å². The number of ether oxygens (including phenoxy) is 6. The van der Waals surface area contributed by atoms with Crippen LogP contribution < -0.4 is 0 Å². The Kier molecular flexibility index (Phi) is 36.1. The molecule has 0 atom stereocenters. The van der Waals surface area contributed by atoms with Crippen molar-refractivity contribution < 1.29 is 58.6 Å². The van der Waals surface area contributed by atoms with Crippen molar-refractivity contribution in [1.29, 1.82) is 0 Å². The minimum Gasteiger partial charge on any atom is -0.459 e. The summed E-state index contributed by atoms with van der Waals surface area (Å²) >= 11 is 0. The lowest BCUT2D eigenvalue weighted by Gasteiger charge is -2.42. The third-order valence-electron chi connectivity index (χ3n) is 23.9. The molecule has 0 amide bonds. The first-order chi connectivity index (χ1) is 42.9. The van der Waals surface area contributed by atoms with Crippen LogP contribution in [0, 0.1) is 44.3 Å². The smallest absolute Gasteiger partial charge is 0.312 e. The minimum absolute atomic E-state index is 0. The fourth-order valence-electron chi connectivity index (χ4n) is 12.5. The molecule has 12 nitrogen and oxygen atoms in total. The normalized spacial score (nSPS) is 20.5. The summed E-state index contributed by atoms with van der Waals surface area (Å²) in [5.41, 5.74) is -3.04. The highest BCUT2D eigenvalue weighted by molar-refractivity contribution is 5.78. The average Bonchev–Trinajstić information content (AvgIpc) is 1.22. The molecule has 6 rings (SSSR count). The second kappa shape index (κ2) is 38.3. The molecule has 0 saturated heterocycles. The molecule has 0 spiro atoms. The Morgan fingerprint density at radius 3 is 0.667 bits per heavy atom. The van der Waals surface area contributed by atoms with E-state index >= 15 is 0 Å². The van der Waals surface area contributed by atoms with Gasteiger partial charge in [-0.05, 0) is 314 Å². The lowest BCUT2D eigenvalue weighted by molar-refractivity contribution is -0.180. The standard InChI is InChI=1S/C15H28O2.2C14H26O2.2C13H24O2.C12H22O2.H2/c1-6-14(4,5)13(16)17-15(12(2)3)10-8-7-9-11-15;1-6-13(4,5)12(15)16-14(11(2)3)9-7-8-10-14;1-5-13(3,4)12(15)16-14(6-2)10-8-7-9-11-14;1-5-12(2,3)11(14)15-13(4)9-7-6-8-10-13;1-5-12(3,4)11(14)15-13(6-2)9-7-8-10-13;1-5-11(2,3)10(13)14-12(4)8-6-7-9-12;/h12H,6-11H2,1-5H3;11H,6-10H2,1-5H3;5-11H2,1-4H3;2*5-10H2,1-4H3;5-9H2,1-4H3;1H. The molecule has 6 aliphatic carbocycles. The lowest BCUT2D eigenvalue weighted by atomic mass is 9.76. The Morgan fingerprint density at radius 2 is 0.452 bits per heavy atom. The van der Waals surface area contributed by atoms with Crippen LogP contribution in [0.3, 0.4) is 0 Å². The molecule has 0 unspecified atom stereocenters. The molecule has 6 saturated carbocycles. The van der Waals surface area contributed by atoms with Gasteiger partial charge in [0.1, 0.15) is 33.6 Å². The van der Waals surface area contributed by atoms with Crippen molar-refractivity contribution >= 4 is 35.8 Å². The molecule has 93 heavy (non-hydrogen) atoms. The first kappa shape index (κ1) is 87.8. The Balaban J connectivity index is 0.00000110. The SMILES string of the molecule is CCC(C)(C)C(=O)OC1(C(C)C)CCCC1.CCC(C)(C)C(=O)OC1(C(C)C)CCCCC1.CCC(C)(C)C(=O)OC1(C)CCCC1.CCC(C)(C)C(=O)OC1(C)CCCCC1.CCC1(OC(=O)C(C)(C)CC)CCCC1.CCC1(OC(=O)C(C)(C)CC)CCCCC1.[HH]. The van der Waals surface area contributed by atoms with Crippen LogP contribution in [0.25, 0.3) is 0 Å². The second-order valence-electron chi connectivity index (χ2n) is 34.5. The molecule has 0 bridgehead atoms. The number of carbonyl (C=O) groups excluding carboxylic acids is 6. The summed E-state index contributed by atoms with van der Waals surface area (Å²) in [6.07, 6.45) is 37.6. The third kappa shape index (κ3) is 27.6. The van der Waals surface area contributed by atoms with E-state index in [4.69, 9.17) is 28.4 Å². The van der Waals surface area contributed by atoms with Crippen molar-refractivity contribution in [3.63, 3.8) is 0 Å². The van der Waals surface area contributed by atoms with Gasteiger partial charge in [-0.2, -0.15) is 0 Å². The van der Waals surface area contributed by atoms with Gasteiger partial charge in [0.2, 0.25) is 0 Å². The molecule has 0 N–H and O–H groups in total. The van der Waals surface area contributed by atoms with Crippen LogP contribution in [-0.2, 0) is 57.2 Å². The predicted octanol–water partition coefficient (Wildman–Crippen LogP) is 23.3. The third-order valence-corrected chi connectivity index (χ3v) is 23.9. The van der Waals surface area contributed by atoms with Crippen LogP contribution in [0.1, 0.15) is 406 Å². The molecule has 0 aliphatic heterocycles. The van der Waals surface area contributed by atoms with E-state index in [9.17, 15) is 28.8 Å². The zero-order chi connectivity index (χ0) is 71.6. The molecular formula is C81H152O12. The van der Waals surface area contributed by atoms with Gasteiger partial charge in [0, 0.05) is 1.43 Å². The topological polar surface area (TPSA) is 158 Å². The highest BCUT2D eigenvalue weighted by Gasteiger charge is 2.46. The average molecular weight is 1320 g/mol. The quantitative estimate of drug-likeness (QED) is 0.0747. The maximum absolute atomic E-state index is 12.3. The van der Waals surface area contributed by atoms with Crippen LogP contribution >= 0.6 is 0 Å². The largest absolute Gasteiger partial charge is 0.459 e. The summed E-state index contributed by atoms with van der Waals surface area (Å²) in [4.78, 5) is 72.3. The molecular weight excluding hydrogens is 1160 g/mol. The molecule has 6 fully saturated rings. The van der Waals surface area contributed by atoms with Gasteiger partial charge in [0.15, 0.2) is 0 Å². The second-order valence-corrected chi connectivity index (χ2v) is 34.5. The number of rotatable bonds is 22. The Hall–Kier alpha value is -3.18. The van der Waals surface area contributed by atoms with E-state index in [1.807, 2.05) is 125 Å². The molecule has 0 aromatic rings. The summed E-state index contributed by atoms with van der Waals surface area (Å²) < 4.78 is 34.8. The first-order valence-electron chi connectivity index (χ1n) is 38.3. The number of esters is 6. The fourth-order valence-corrected chi connectivity index (χ4v) is 12.5. The first-order valence-corrected chi connectivity index (χ1v) is 38.3. The number of hydrogen-bond acceptors (Lipinski definition) is 12. The molecule has 12 heteroatoms. The van der Waals surface area contributed by atoms with Crippen LogP contribution in [0.2, 0.25) is 0 Å². The molecule has 0 radical (unpaired) electrons. The maximum Gasteiger partial charge on any atom is 0.312 e. The summed E-state index contributed by atoms with van der Waals surface area (Å²) in [5.74, 6) is 0.693. The zero-order valence-corrected chi connectivity index (χ0v) is 65.8. The zero-order valence-electron chi connectivity index (χ0n) is 65.8. The van der Waals surface area contributed by atoms with Crippen LogP contribution in [-0.4, -0.2) is 69.4 Å². The van der Waals surface area contributed by atoms with E-state index in [0.29, 0.717) is 11.8 Å². The Labute approximate surface area is 574 Å². The van der Waals surface area contributed by atoms with Gasteiger partial charge >= 0.3 is 35.8 Å². The molecule has 548 valence electrons. The van der Waals surface area contributed by atoms with Gasteiger partial charge in [-0.3, -0.25) is 28.8 Å². The van der Waals surface area contributed by atoms with Crippen molar-refractivity contribution in [3.8, 4) is 0 Å². The summed E-state index contributed by atoms with van der Waals surface area (Å²) in [6, 6.07) is 0. The van der Waals surface area contributed by atoms with Crippen molar-refractivity contribution in [2.24, 2.45) is 44.3 Å². The van der Waals surface area contributed by atoms with Gasteiger partial charge in [0.05, 0.1) is 32.5 Å². The van der Waals surface area contributed by atoms with Crippen molar-refractivity contribution in [2.75, 3.05) is 0 Å². The summed E-state index contributed by atoms with van der Waals surface area (Å²) in [7, 11) is 0. The number of carbonyl (C=O) groups is 6. The van der Waals surface area contributed by atoms with E-state index in [1.165, 1.54) is 96.3 Å². The molecule has 0 aromatic carbocycles.